The first-order valence-corrected chi connectivity index (χ1v) is 3.13. The first-order chi connectivity index (χ1) is 5.88. The third-order valence-corrected chi connectivity index (χ3v) is 1.08. The van der Waals surface area contributed by atoms with Crippen LogP contribution in [-0.4, -0.2) is 26.7 Å². The highest BCUT2D eigenvalue weighted by molar-refractivity contribution is 6.57. The second kappa shape index (κ2) is 3.03. The molecule has 6 nitrogen and oxygen atoms in total. The van der Waals surface area contributed by atoms with E-state index in [0.29, 0.717) is 11.0 Å². The topological polar surface area (TPSA) is 73.8 Å². The lowest BCUT2D eigenvalue weighted by Crippen LogP contribution is -2.24. The van der Waals surface area contributed by atoms with Gasteiger partial charge in [0, 0.05) is 11.5 Å². The maximum atomic E-state index is 11.8. The van der Waals surface area contributed by atoms with E-state index in [9.17, 15) is 23.1 Å². The minimum Gasteiger partial charge on any atom is -0.448 e. The summed E-state index contributed by atoms with van der Waals surface area (Å²) in [5.74, 6) is -0.833. The van der Waals surface area contributed by atoms with Gasteiger partial charge in [-0.05, 0) is 4.92 Å². The number of hydrogen-bond acceptors (Lipinski definition) is 4. The molecule has 0 spiro atoms. The Bertz CT molecular complexity index is 323. The summed E-state index contributed by atoms with van der Waals surface area (Å²) in [4.78, 5) is 12.1. The summed E-state index contributed by atoms with van der Waals surface area (Å²) in [7, 11) is 0. The normalized spacial score (nSPS) is 11.6. The largest absolute Gasteiger partial charge is 0.500 e. The second-order valence-corrected chi connectivity index (χ2v) is 2.23. The van der Waals surface area contributed by atoms with E-state index in [1.807, 2.05) is 0 Å². The summed E-state index contributed by atoms with van der Waals surface area (Å²) in [5.41, 5.74) is 0. The van der Waals surface area contributed by atoms with Crippen LogP contribution in [0, 0.1) is 10.1 Å². The number of nitro groups is 1. The molecule has 0 atom stereocenters. The summed E-state index contributed by atoms with van der Waals surface area (Å²) in [6, 6.07) is 0. The molecule has 0 aliphatic carbocycles. The van der Waals surface area contributed by atoms with Crippen molar-refractivity contribution >= 4 is 12.9 Å². The van der Waals surface area contributed by atoms with Crippen LogP contribution in [0.4, 0.5) is 18.9 Å². The van der Waals surface area contributed by atoms with Crippen LogP contribution in [0.25, 0.3) is 0 Å². The molecule has 72 valence electrons. The molecule has 0 radical (unpaired) electrons. The molecule has 0 saturated carbocycles. The van der Waals surface area contributed by atoms with Crippen molar-refractivity contribution in [2.75, 3.05) is 0 Å². The molecule has 0 bridgehead atoms. The molecule has 1 aromatic heterocycles. The van der Waals surface area contributed by atoms with Crippen molar-refractivity contribution < 1.29 is 17.9 Å². The number of halogens is 3. The van der Waals surface area contributed by atoms with Gasteiger partial charge in [-0.25, -0.2) is 0 Å². The van der Waals surface area contributed by atoms with E-state index in [-0.39, 0.29) is 0 Å². The molecule has 0 unspecified atom stereocenters. The van der Waals surface area contributed by atoms with E-state index in [2.05, 4.69) is 10.1 Å². The molecule has 0 amide bonds. The number of aromatic nitrogens is 3. The molecule has 0 fully saturated rings. The number of rotatable bonds is 3. The van der Waals surface area contributed by atoms with Gasteiger partial charge in [0.25, 0.3) is 0 Å². The molecule has 0 aliphatic heterocycles. The average molecular weight is 195 g/mol. The van der Waals surface area contributed by atoms with Crippen molar-refractivity contribution in [3.63, 3.8) is 0 Å². The van der Waals surface area contributed by atoms with Gasteiger partial charge in [-0.3, -0.25) is 0 Å². The standard InChI is InChI=1S/C3H3BF3N4O2/c5-4(6,7)1-10-2-8-3(9-10)11(12)13/h2H,1H2/q-1. The molecule has 1 rings (SSSR count). The third-order valence-electron chi connectivity index (χ3n) is 1.08. The number of hydrogen-bond donors (Lipinski definition) is 0. The Morgan fingerprint density at radius 2 is 2.23 bits per heavy atom. The lowest BCUT2D eigenvalue weighted by Gasteiger charge is -2.09. The predicted molar refractivity (Wildman–Crippen MR) is 35.8 cm³/mol. The van der Waals surface area contributed by atoms with Gasteiger partial charge in [0.05, 0.1) is 0 Å². The fraction of sp³-hybridized carbons (Fsp3) is 0.333. The molecule has 1 aromatic rings. The highest BCUT2D eigenvalue weighted by atomic mass is 19.4. The van der Waals surface area contributed by atoms with Gasteiger partial charge >= 0.3 is 12.9 Å². The summed E-state index contributed by atoms with van der Waals surface area (Å²) in [6.07, 6.45) is -0.645. The summed E-state index contributed by atoms with van der Waals surface area (Å²) in [5, 5.41) is 13.0. The van der Waals surface area contributed by atoms with Crippen molar-refractivity contribution in [3.05, 3.63) is 16.4 Å². The molecule has 0 aliphatic rings. The van der Waals surface area contributed by atoms with Crippen molar-refractivity contribution in [2.24, 2.45) is 0 Å². The molecular weight excluding hydrogens is 192 g/mol. The predicted octanol–water partition coefficient (Wildman–Crippen LogP) is 0.573. The lowest BCUT2D eigenvalue weighted by molar-refractivity contribution is -0.394. The minimum absolute atomic E-state index is 0.387. The van der Waals surface area contributed by atoms with Crippen LogP contribution >= 0.6 is 0 Å². The Morgan fingerprint density at radius 1 is 1.62 bits per heavy atom. The molecule has 10 heteroatoms. The van der Waals surface area contributed by atoms with E-state index >= 15 is 0 Å². The van der Waals surface area contributed by atoms with Gasteiger partial charge in [-0.1, -0.05) is 4.98 Å². The van der Waals surface area contributed by atoms with Gasteiger partial charge < -0.3 is 23.1 Å². The molecule has 1 heterocycles. The molecule has 0 aromatic carbocycles. The average Bonchev–Trinajstić information content (AvgIpc) is 2.31. The number of nitrogens with zero attached hydrogens (tertiary/aromatic N) is 4. The zero-order valence-electron chi connectivity index (χ0n) is 6.10. The van der Waals surface area contributed by atoms with Gasteiger partial charge in [0.15, 0.2) is 0 Å². The van der Waals surface area contributed by atoms with E-state index in [1.54, 1.807) is 0 Å². The van der Waals surface area contributed by atoms with Crippen LogP contribution in [0.1, 0.15) is 0 Å². The lowest BCUT2D eigenvalue weighted by atomic mass is 9.93. The monoisotopic (exact) mass is 195 g/mol. The second-order valence-electron chi connectivity index (χ2n) is 2.23. The Balaban J connectivity index is 2.75. The van der Waals surface area contributed by atoms with Crippen LogP contribution in [0.3, 0.4) is 0 Å². The molecule has 0 saturated heterocycles. The van der Waals surface area contributed by atoms with Crippen LogP contribution in [0.15, 0.2) is 6.33 Å². The van der Waals surface area contributed by atoms with Gasteiger partial charge in [-0.2, -0.15) is 4.68 Å². The molecule has 13 heavy (non-hydrogen) atoms. The summed E-state index contributed by atoms with van der Waals surface area (Å²) < 4.78 is 35.7. The zero-order valence-corrected chi connectivity index (χ0v) is 6.10. The fourth-order valence-corrected chi connectivity index (χ4v) is 0.669. The summed E-state index contributed by atoms with van der Waals surface area (Å²) >= 11 is 0. The Labute approximate surface area is 69.6 Å². The maximum absolute atomic E-state index is 11.8. The van der Waals surface area contributed by atoms with E-state index in [1.165, 1.54) is 0 Å². The third kappa shape index (κ3) is 2.73. The Hall–Kier alpha value is -1.61. The Morgan fingerprint density at radius 3 is 2.62 bits per heavy atom. The van der Waals surface area contributed by atoms with E-state index < -0.39 is 24.3 Å². The fourth-order valence-electron chi connectivity index (χ4n) is 0.669. The zero-order chi connectivity index (χ0) is 10.1. The highest BCUT2D eigenvalue weighted by Gasteiger charge is 2.26. The van der Waals surface area contributed by atoms with Gasteiger partial charge in [0.2, 0.25) is 6.33 Å². The Kier molecular flexibility index (Phi) is 2.21. The van der Waals surface area contributed by atoms with Crippen molar-refractivity contribution in [1.29, 1.82) is 0 Å². The quantitative estimate of drug-likeness (QED) is 0.401. The minimum atomic E-state index is -5.05. The first-order valence-electron chi connectivity index (χ1n) is 3.13. The van der Waals surface area contributed by atoms with Crippen molar-refractivity contribution in [2.45, 2.75) is 6.44 Å². The van der Waals surface area contributed by atoms with Crippen LogP contribution in [0.5, 0.6) is 0 Å². The molecular formula is C3H3BF3N4O2-. The van der Waals surface area contributed by atoms with Crippen molar-refractivity contribution in [1.82, 2.24) is 14.8 Å². The smallest absolute Gasteiger partial charge is 0.448 e. The van der Waals surface area contributed by atoms with Crippen LogP contribution in [-0.2, 0) is 6.44 Å². The first kappa shape index (κ1) is 9.48. The van der Waals surface area contributed by atoms with Crippen molar-refractivity contribution in [3.8, 4) is 0 Å². The van der Waals surface area contributed by atoms with Gasteiger partial charge in [-0.15, -0.1) is 0 Å². The summed E-state index contributed by atoms with van der Waals surface area (Å²) in [6.45, 7) is -5.05. The van der Waals surface area contributed by atoms with E-state index in [0.717, 1.165) is 0 Å². The van der Waals surface area contributed by atoms with Crippen LogP contribution in [0.2, 0.25) is 0 Å². The van der Waals surface area contributed by atoms with E-state index in [4.69, 9.17) is 0 Å². The SMILES string of the molecule is O=[N+]([O-])c1ncn(C[B-](F)(F)F)n1. The highest BCUT2D eigenvalue weighted by Crippen LogP contribution is 2.11. The van der Waals surface area contributed by atoms with Crippen LogP contribution < -0.4 is 0 Å². The molecule has 0 N–H and O–H groups in total. The maximum Gasteiger partial charge on any atom is 0.500 e. The van der Waals surface area contributed by atoms with Gasteiger partial charge in [0.1, 0.15) is 0 Å².